The first kappa shape index (κ1) is 11.4. The van der Waals surface area contributed by atoms with Crippen molar-refractivity contribution >= 4 is 12.0 Å². The SMILES string of the molecule is NNC(=O)/C(=C/c1ccccc1)CCO. The van der Waals surface area contributed by atoms with Crippen LogP contribution in [0.3, 0.4) is 0 Å². The molecule has 0 fully saturated rings. The maximum atomic E-state index is 11.3. The number of nitrogens with one attached hydrogen (secondary N) is 1. The van der Waals surface area contributed by atoms with Gasteiger partial charge in [0.2, 0.25) is 0 Å². The number of hydrazine groups is 1. The minimum atomic E-state index is -0.368. The first-order valence-corrected chi connectivity index (χ1v) is 4.65. The number of nitrogens with two attached hydrogens (primary N) is 1. The van der Waals surface area contributed by atoms with Gasteiger partial charge in [0.15, 0.2) is 0 Å². The van der Waals surface area contributed by atoms with Gasteiger partial charge in [-0.15, -0.1) is 0 Å². The van der Waals surface area contributed by atoms with Crippen molar-refractivity contribution in [3.05, 3.63) is 41.5 Å². The number of amides is 1. The summed E-state index contributed by atoms with van der Waals surface area (Å²) < 4.78 is 0. The zero-order valence-electron chi connectivity index (χ0n) is 8.31. The van der Waals surface area contributed by atoms with Crippen molar-refractivity contribution in [2.24, 2.45) is 5.84 Å². The fourth-order valence-electron chi connectivity index (χ4n) is 1.21. The van der Waals surface area contributed by atoms with Crippen LogP contribution in [0.1, 0.15) is 12.0 Å². The van der Waals surface area contributed by atoms with Crippen LogP contribution in [0.4, 0.5) is 0 Å². The molecule has 0 heterocycles. The number of aliphatic hydroxyl groups excluding tert-OH is 1. The highest BCUT2D eigenvalue weighted by Gasteiger charge is 2.06. The molecule has 0 radical (unpaired) electrons. The van der Waals surface area contributed by atoms with Gasteiger partial charge in [-0.05, 0) is 11.6 Å². The molecule has 0 aliphatic rings. The Morgan fingerprint density at radius 2 is 2.07 bits per heavy atom. The van der Waals surface area contributed by atoms with Crippen LogP contribution in [0.5, 0.6) is 0 Å². The summed E-state index contributed by atoms with van der Waals surface area (Å²) in [7, 11) is 0. The molecule has 0 atom stereocenters. The van der Waals surface area contributed by atoms with E-state index in [1.165, 1.54) is 0 Å². The van der Waals surface area contributed by atoms with Gasteiger partial charge < -0.3 is 5.11 Å². The van der Waals surface area contributed by atoms with Gasteiger partial charge in [0.05, 0.1) is 0 Å². The summed E-state index contributed by atoms with van der Waals surface area (Å²) in [6.45, 7) is -0.0773. The Balaban J connectivity index is 2.88. The van der Waals surface area contributed by atoms with Crippen LogP contribution < -0.4 is 11.3 Å². The highest BCUT2D eigenvalue weighted by atomic mass is 16.3. The highest BCUT2D eigenvalue weighted by molar-refractivity contribution is 5.97. The van der Waals surface area contributed by atoms with Crippen molar-refractivity contribution in [1.82, 2.24) is 5.43 Å². The first-order valence-electron chi connectivity index (χ1n) is 4.65. The van der Waals surface area contributed by atoms with Crippen LogP contribution >= 0.6 is 0 Å². The summed E-state index contributed by atoms with van der Waals surface area (Å²) in [5, 5.41) is 8.80. The van der Waals surface area contributed by atoms with E-state index in [1.807, 2.05) is 30.3 Å². The maximum absolute atomic E-state index is 11.3. The van der Waals surface area contributed by atoms with Crippen molar-refractivity contribution in [3.8, 4) is 0 Å². The summed E-state index contributed by atoms with van der Waals surface area (Å²) in [4.78, 5) is 11.3. The summed E-state index contributed by atoms with van der Waals surface area (Å²) in [5.74, 6) is 4.67. The average molecular weight is 206 g/mol. The van der Waals surface area contributed by atoms with E-state index in [4.69, 9.17) is 10.9 Å². The van der Waals surface area contributed by atoms with Gasteiger partial charge in [-0.2, -0.15) is 0 Å². The van der Waals surface area contributed by atoms with E-state index in [0.717, 1.165) is 5.56 Å². The van der Waals surface area contributed by atoms with E-state index < -0.39 is 0 Å². The number of benzene rings is 1. The Morgan fingerprint density at radius 3 is 2.60 bits per heavy atom. The second-order valence-corrected chi connectivity index (χ2v) is 3.03. The third kappa shape index (κ3) is 3.53. The van der Waals surface area contributed by atoms with Gasteiger partial charge >= 0.3 is 0 Å². The highest BCUT2D eigenvalue weighted by Crippen LogP contribution is 2.09. The number of carbonyl (C=O) groups excluding carboxylic acids is 1. The molecule has 15 heavy (non-hydrogen) atoms. The van der Waals surface area contributed by atoms with Crippen molar-refractivity contribution in [3.63, 3.8) is 0 Å². The van der Waals surface area contributed by atoms with Crippen LogP contribution in [0, 0.1) is 0 Å². The summed E-state index contributed by atoms with van der Waals surface area (Å²) in [6.07, 6.45) is 2.00. The maximum Gasteiger partial charge on any atom is 0.261 e. The lowest BCUT2D eigenvalue weighted by Crippen LogP contribution is -2.31. The zero-order valence-corrected chi connectivity index (χ0v) is 8.31. The number of aliphatic hydroxyl groups is 1. The van der Waals surface area contributed by atoms with Crippen molar-refractivity contribution in [1.29, 1.82) is 0 Å². The quantitative estimate of drug-likeness (QED) is 0.289. The summed E-state index contributed by atoms with van der Waals surface area (Å²) in [5.41, 5.74) is 3.42. The molecule has 0 aliphatic carbocycles. The predicted molar refractivity (Wildman–Crippen MR) is 58.5 cm³/mol. The predicted octanol–water partition coefficient (Wildman–Crippen LogP) is 0.442. The lowest BCUT2D eigenvalue weighted by atomic mass is 10.1. The minimum Gasteiger partial charge on any atom is -0.396 e. The molecule has 0 aliphatic heterocycles. The van der Waals surface area contributed by atoms with Crippen molar-refractivity contribution in [2.75, 3.05) is 6.61 Å². The average Bonchev–Trinajstić information content (AvgIpc) is 2.29. The molecule has 1 aromatic carbocycles. The van der Waals surface area contributed by atoms with Crippen molar-refractivity contribution in [2.45, 2.75) is 6.42 Å². The number of hydrogen-bond donors (Lipinski definition) is 3. The fourth-order valence-corrected chi connectivity index (χ4v) is 1.21. The van der Waals surface area contributed by atoms with Crippen LogP contribution in [-0.4, -0.2) is 17.6 Å². The van der Waals surface area contributed by atoms with Crippen LogP contribution in [-0.2, 0) is 4.79 Å². The molecule has 80 valence electrons. The minimum absolute atomic E-state index is 0.0773. The Morgan fingerprint density at radius 1 is 1.40 bits per heavy atom. The Kier molecular flexibility index (Phi) is 4.53. The lowest BCUT2D eigenvalue weighted by molar-refractivity contribution is -0.117. The number of carbonyl (C=O) groups is 1. The van der Waals surface area contributed by atoms with Gasteiger partial charge in [0.25, 0.3) is 5.91 Å². The normalized spacial score (nSPS) is 11.2. The number of rotatable bonds is 4. The monoisotopic (exact) mass is 206 g/mol. The van der Waals surface area contributed by atoms with E-state index in [9.17, 15) is 4.79 Å². The largest absolute Gasteiger partial charge is 0.396 e. The van der Waals surface area contributed by atoms with E-state index in [1.54, 1.807) is 6.08 Å². The van der Waals surface area contributed by atoms with Gasteiger partial charge in [-0.3, -0.25) is 10.2 Å². The third-order valence-corrected chi connectivity index (χ3v) is 1.94. The Labute approximate surface area is 88.4 Å². The molecule has 1 amide bonds. The summed E-state index contributed by atoms with van der Waals surface area (Å²) >= 11 is 0. The molecule has 1 rings (SSSR count). The van der Waals surface area contributed by atoms with E-state index >= 15 is 0 Å². The molecule has 4 N–H and O–H groups in total. The van der Waals surface area contributed by atoms with Crippen molar-refractivity contribution < 1.29 is 9.90 Å². The van der Waals surface area contributed by atoms with Gasteiger partial charge in [-0.1, -0.05) is 30.3 Å². The van der Waals surface area contributed by atoms with Crippen LogP contribution in [0.25, 0.3) is 6.08 Å². The molecule has 1 aromatic rings. The van der Waals surface area contributed by atoms with E-state index in [2.05, 4.69) is 5.43 Å². The smallest absolute Gasteiger partial charge is 0.261 e. The second-order valence-electron chi connectivity index (χ2n) is 3.03. The molecule has 0 unspecified atom stereocenters. The third-order valence-electron chi connectivity index (χ3n) is 1.94. The molecule has 4 nitrogen and oxygen atoms in total. The zero-order chi connectivity index (χ0) is 11.1. The van der Waals surface area contributed by atoms with Gasteiger partial charge in [0.1, 0.15) is 0 Å². The Hall–Kier alpha value is -1.65. The number of hydrogen-bond acceptors (Lipinski definition) is 3. The lowest BCUT2D eigenvalue weighted by Gasteiger charge is -2.03. The van der Waals surface area contributed by atoms with Crippen LogP contribution in [0.15, 0.2) is 35.9 Å². The molecular formula is C11H14N2O2. The second kappa shape index (κ2) is 5.95. The first-order chi connectivity index (χ1) is 7.27. The fraction of sp³-hybridized carbons (Fsp3) is 0.182. The molecule has 0 bridgehead atoms. The van der Waals surface area contributed by atoms with Gasteiger partial charge in [0, 0.05) is 18.6 Å². The molecule has 4 heteroatoms. The summed E-state index contributed by atoms with van der Waals surface area (Å²) in [6, 6.07) is 9.40. The van der Waals surface area contributed by atoms with E-state index in [-0.39, 0.29) is 18.9 Å². The molecule has 0 saturated carbocycles. The van der Waals surface area contributed by atoms with Gasteiger partial charge in [-0.25, -0.2) is 5.84 Å². The molecule has 0 aromatic heterocycles. The van der Waals surface area contributed by atoms with Crippen LogP contribution in [0.2, 0.25) is 0 Å². The Bertz CT molecular complexity index is 347. The van der Waals surface area contributed by atoms with E-state index in [0.29, 0.717) is 5.57 Å². The standard InChI is InChI=1S/C11H14N2O2/c12-13-11(15)10(6-7-14)8-9-4-2-1-3-5-9/h1-5,8,14H,6-7,12H2,(H,13,15)/b10-8+. The molecule has 0 spiro atoms. The topological polar surface area (TPSA) is 75.3 Å². The molecular weight excluding hydrogens is 192 g/mol. The molecule has 0 saturated heterocycles.